The highest BCUT2D eigenvalue weighted by Crippen LogP contribution is 2.21. The first-order valence-electron chi connectivity index (χ1n) is 7.95. The van der Waals surface area contributed by atoms with Crippen LogP contribution in [0.1, 0.15) is 0 Å². The first-order chi connectivity index (χ1) is 12.2. The molecule has 124 valence electrons. The molecule has 0 fully saturated rings. The SMILES string of the molecule is NC1=CC2=CC3=NC(=CC4=NC(=CC5=NC(=CC1=N2)C=C5)C=C4)C=C3.[AlH3]. The molecule has 8 bridgehead atoms. The minimum Gasteiger partial charge on any atom is -0.397 e. The summed E-state index contributed by atoms with van der Waals surface area (Å²) in [5, 5.41) is 0. The van der Waals surface area contributed by atoms with E-state index in [0.29, 0.717) is 5.70 Å². The molecule has 5 aliphatic heterocycles. The fourth-order valence-corrected chi connectivity index (χ4v) is 2.92. The molecule has 0 radical (unpaired) electrons. The van der Waals surface area contributed by atoms with Gasteiger partial charge in [0.05, 0.1) is 51.3 Å². The summed E-state index contributed by atoms with van der Waals surface area (Å²) in [6.07, 6.45) is 21.3. The first-order valence-corrected chi connectivity index (χ1v) is 7.95. The number of allylic oxidation sites excluding steroid dienone is 11. The molecule has 0 aromatic carbocycles. The molecule has 5 rings (SSSR count). The van der Waals surface area contributed by atoms with Crippen molar-refractivity contribution < 1.29 is 0 Å². The summed E-state index contributed by atoms with van der Waals surface area (Å²) in [5.74, 6) is 0. The molecule has 0 aliphatic carbocycles. The summed E-state index contributed by atoms with van der Waals surface area (Å²) >= 11 is 0. The Morgan fingerprint density at radius 3 is 1.50 bits per heavy atom. The summed E-state index contributed by atoms with van der Waals surface area (Å²) in [6.45, 7) is 0. The maximum absolute atomic E-state index is 6.09. The second kappa shape index (κ2) is 6.34. The van der Waals surface area contributed by atoms with Gasteiger partial charge in [-0.2, -0.15) is 0 Å². The normalized spacial score (nSPS) is 21.8. The fraction of sp³-hybridized carbons (Fsp3) is 0. The van der Waals surface area contributed by atoms with Crippen molar-refractivity contribution in [2.45, 2.75) is 0 Å². The molecule has 0 aromatic heterocycles. The van der Waals surface area contributed by atoms with Crippen LogP contribution in [0.4, 0.5) is 0 Å². The van der Waals surface area contributed by atoms with Crippen LogP contribution in [-0.4, -0.2) is 40.2 Å². The van der Waals surface area contributed by atoms with Crippen molar-refractivity contribution in [2.24, 2.45) is 25.7 Å². The maximum Gasteiger partial charge on any atom is 0.187 e. The smallest absolute Gasteiger partial charge is 0.187 e. The molecular weight excluding hydrogens is 337 g/mol. The number of fused-ring (bicyclic) bond motifs is 4. The summed E-state index contributed by atoms with van der Waals surface area (Å²) < 4.78 is 0. The third kappa shape index (κ3) is 3.08. The summed E-state index contributed by atoms with van der Waals surface area (Å²) in [7, 11) is 0. The lowest BCUT2D eigenvalue weighted by molar-refractivity contribution is 1.41. The quantitative estimate of drug-likeness (QED) is 0.661. The van der Waals surface area contributed by atoms with Gasteiger partial charge in [-0.25, -0.2) is 20.0 Å². The van der Waals surface area contributed by atoms with Gasteiger partial charge in [-0.1, -0.05) is 0 Å². The van der Waals surface area contributed by atoms with E-state index in [1.165, 1.54) is 0 Å². The Balaban J connectivity index is 0.00000168. The minimum atomic E-state index is 0. The van der Waals surface area contributed by atoms with Crippen LogP contribution in [0.5, 0.6) is 0 Å². The summed E-state index contributed by atoms with van der Waals surface area (Å²) in [5.41, 5.74) is 13.3. The van der Waals surface area contributed by atoms with E-state index in [4.69, 9.17) is 5.73 Å². The third-order valence-corrected chi connectivity index (χ3v) is 4.07. The highest BCUT2D eigenvalue weighted by atomic mass is 27.0. The van der Waals surface area contributed by atoms with Crippen molar-refractivity contribution in [1.29, 1.82) is 0 Å². The van der Waals surface area contributed by atoms with E-state index in [-0.39, 0.29) is 17.4 Å². The van der Waals surface area contributed by atoms with E-state index < -0.39 is 0 Å². The van der Waals surface area contributed by atoms with Crippen LogP contribution in [0, 0.1) is 0 Å². The zero-order chi connectivity index (χ0) is 16.8. The standard InChI is InChI=1S/C20H13N5.Al.3H/c21-19-10-18-9-16-4-3-14(23-16)7-12-1-2-13(22-12)8-15-5-6-17(24-15)11-20(19)25-18;;;;/h1-11H,21H2;;;;. The van der Waals surface area contributed by atoms with E-state index in [9.17, 15) is 0 Å². The summed E-state index contributed by atoms with van der Waals surface area (Å²) in [4.78, 5) is 18.3. The first kappa shape index (κ1) is 16.4. The Morgan fingerprint density at radius 2 is 0.962 bits per heavy atom. The largest absolute Gasteiger partial charge is 0.397 e. The maximum atomic E-state index is 6.09. The molecule has 5 nitrogen and oxygen atoms in total. The van der Waals surface area contributed by atoms with Crippen LogP contribution >= 0.6 is 0 Å². The minimum absolute atomic E-state index is 0. The predicted octanol–water partition coefficient (Wildman–Crippen LogP) is 1.68. The van der Waals surface area contributed by atoms with Gasteiger partial charge in [0.1, 0.15) is 0 Å². The van der Waals surface area contributed by atoms with Gasteiger partial charge in [0.2, 0.25) is 0 Å². The van der Waals surface area contributed by atoms with Crippen molar-refractivity contribution >= 4 is 40.2 Å². The number of aliphatic imine (C=N–C) groups is 4. The lowest BCUT2D eigenvalue weighted by atomic mass is 10.2. The van der Waals surface area contributed by atoms with Gasteiger partial charge in [-0.05, 0) is 66.8 Å². The van der Waals surface area contributed by atoms with Gasteiger partial charge in [0, 0.05) is 0 Å². The van der Waals surface area contributed by atoms with Crippen LogP contribution in [0.3, 0.4) is 0 Å². The molecule has 0 spiro atoms. The molecule has 6 heteroatoms. The molecule has 0 atom stereocenters. The van der Waals surface area contributed by atoms with Crippen LogP contribution in [0.2, 0.25) is 0 Å². The Morgan fingerprint density at radius 1 is 0.500 bits per heavy atom. The monoisotopic (exact) mass is 353 g/mol. The van der Waals surface area contributed by atoms with Gasteiger partial charge in [-0.3, -0.25) is 0 Å². The lowest BCUT2D eigenvalue weighted by Gasteiger charge is -1.95. The van der Waals surface area contributed by atoms with Crippen molar-refractivity contribution in [1.82, 2.24) is 0 Å². The Labute approximate surface area is 161 Å². The van der Waals surface area contributed by atoms with Crippen LogP contribution in [0.15, 0.2) is 115 Å². The second-order valence-corrected chi connectivity index (χ2v) is 5.98. The van der Waals surface area contributed by atoms with Gasteiger partial charge < -0.3 is 5.73 Å². The average Bonchev–Trinajstić information content (AvgIpc) is 3.33. The van der Waals surface area contributed by atoms with Crippen LogP contribution < -0.4 is 5.73 Å². The lowest BCUT2D eigenvalue weighted by Crippen LogP contribution is -2.05. The Hall–Kier alpha value is -3.07. The van der Waals surface area contributed by atoms with E-state index in [1.807, 2.05) is 66.8 Å². The second-order valence-electron chi connectivity index (χ2n) is 5.98. The molecule has 0 aromatic rings. The highest BCUT2D eigenvalue weighted by Gasteiger charge is 2.14. The number of hydrogen-bond donors (Lipinski definition) is 1. The molecule has 0 saturated heterocycles. The van der Waals surface area contributed by atoms with E-state index >= 15 is 0 Å². The molecule has 5 heterocycles. The van der Waals surface area contributed by atoms with Gasteiger partial charge in [0.25, 0.3) is 0 Å². The Bertz CT molecular complexity index is 1080. The number of nitrogens with zero attached hydrogens (tertiary/aromatic N) is 4. The molecule has 0 unspecified atom stereocenters. The van der Waals surface area contributed by atoms with Crippen LogP contribution in [-0.2, 0) is 0 Å². The molecular formula is C20H16AlN5. The number of nitrogens with two attached hydrogens (primary N) is 1. The van der Waals surface area contributed by atoms with Crippen molar-refractivity contribution in [3.8, 4) is 0 Å². The molecule has 5 aliphatic rings. The highest BCUT2D eigenvalue weighted by molar-refractivity contribution is 6.15. The van der Waals surface area contributed by atoms with Gasteiger partial charge >= 0.3 is 0 Å². The van der Waals surface area contributed by atoms with Crippen LogP contribution in [0.25, 0.3) is 0 Å². The molecule has 2 N–H and O–H groups in total. The number of rotatable bonds is 0. The predicted molar refractivity (Wildman–Crippen MR) is 112 cm³/mol. The fourth-order valence-electron chi connectivity index (χ4n) is 2.92. The zero-order valence-corrected chi connectivity index (χ0v) is 13.2. The van der Waals surface area contributed by atoms with E-state index in [1.54, 1.807) is 0 Å². The van der Waals surface area contributed by atoms with Gasteiger partial charge in [0.15, 0.2) is 17.4 Å². The topological polar surface area (TPSA) is 75.5 Å². The van der Waals surface area contributed by atoms with Gasteiger partial charge in [-0.15, -0.1) is 0 Å². The van der Waals surface area contributed by atoms with E-state index in [0.717, 1.165) is 45.6 Å². The molecule has 0 saturated carbocycles. The molecule has 26 heavy (non-hydrogen) atoms. The summed E-state index contributed by atoms with van der Waals surface area (Å²) in [6, 6.07) is 0. The molecule has 0 amide bonds. The van der Waals surface area contributed by atoms with E-state index in [2.05, 4.69) is 20.0 Å². The Kier molecular flexibility index (Phi) is 4.00. The van der Waals surface area contributed by atoms with Crippen molar-refractivity contribution in [3.05, 3.63) is 95.3 Å². The van der Waals surface area contributed by atoms with Crippen molar-refractivity contribution in [3.63, 3.8) is 0 Å². The number of hydrogen-bond acceptors (Lipinski definition) is 5. The zero-order valence-electron chi connectivity index (χ0n) is 13.2. The third-order valence-electron chi connectivity index (χ3n) is 4.07. The van der Waals surface area contributed by atoms with Crippen molar-refractivity contribution in [2.75, 3.05) is 0 Å². The average molecular weight is 353 g/mol.